The molecule has 0 bridgehead atoms. The zero-order valence-corrected chi connectivity index (χ0v) is 18.0. The average Bonchev–Trinajstić information content (AvgIpc) is 3.13. The maximum Gasteiger partial charge on any atom is 0.195 e. The van der Waals surface area contributed by atoms with Crippen molar-refractivity contribution in [2.45, 2.75) is 20.4 Å². The van der Waals surface area contributed by atoms with E-state index in [1.54, 1.807) is 6.07 Å². The van der Waals surface area contributed by atoms with Gasteiger partial charge in [0.2, 0.25) is 0 Å². The Kier molecular flexibility index (Phi) is 3.96. The fourth-order valence-electron chi connectivity index (χ4n) is 5.19. The van der Waals surface area contributed by atoms with Crippen molar-refractivity contribution in [2.24, 2.45) is 0 Å². The van der Waals surface area contributed by atoms with Crippen molar-refractivity contribution in [2.75, 3.05) is 0 Å². The van der Waals surface area contributed by atoms with Crippen LogP contribution in [0.3, 0.4) is 0 Å². The van der Waals surface area contributed by atoms with E-state index < -0.39 is 0 Å². The first-order chi connectivity index (χ1) is 15.6. The van der Waals surface area contributed by atoms with Crippen LogP contribution in [0, 0.1) is 13.8 Å². The van der Waals surface area contributed by atoms with Gasteiger partial charge >= 0.3 is 0 Å². The molecule has 0 radical (unpaired) electrons. The SMILES string of the molecule is Cc1ccc(C)c2c1C(=O)c1cccc(Cn3c4ccccc4c4ccccc43)c1C2=O. The minimum atomic E-state index is -0.0557. The Morgan fingerprint density at radius 1 is 0.594 bits per heavy atom. The predicted molar refractivity (Wildman–Crippen MR) is 128 cm³/mol. The quantitative estimate of drug-likeness (QED) is 0.336. The molecule has 154 valence electrons. The van der Waals surface area contributed by atoms with E-state index in [-0.39, 0.29) is 11.6 Å². The summed E-state index contributed by atoms with van der Waals surface area (Å²) >= 11 is 0. The highest BCUT2D eigenvalue weighted by molar-refractivity contribution is 6.29. The molecule has 1 aromatic heterocycles. The van der Waals surface area contributed by atoms with E-state index in [0.29, 0.717) is 28.8 Å². The molecule has 3 heteroatoms. The minimum Gasteiger partial charge on any atom is -0.336 e. The molecule has 0 amide bonds. The second kappa shape index (κ2) is 6.76. The van der Waals surface area contributed by atoms with Gasteiger partial charge < -0.3 is 4.57 Å². The number of ketones is 2. The van der Waals surface area contributed by atoms with E-state index in [0.717, 1.165) is 27.7 Å². The molecule has 5 aromatic rings. The Hall–Kier alpha value is -3.98. The molecule has 1 aliphatic carbocycles. The predicted octanol–water partition coefficient (Wildman–Crippen LogP) is 6.24. The number of fused-ring (bicyclic) bond motifs is 5. The van der Waals surface area contributed by atoms with Gasteiger partial charge in [-0.1, -0.05) is 66.7 Å². The number of hydrogen-bond acceptors (Lipinski definition) is 2. The Morgan fingerprint density at radius 2 is 1.16 bits per heavy atom. The van der Waals surface area contributed by atoms with Gasteiger partial charge in [-0.2, -0.15) is 0 Å². The third kappa shape index (κ3) is 2.48. The number of carbonyl (C=O) groups excluding carboxylic acids is 2. The summed E-state index contributed by atoms with van der Waals surface area (Å²) in [6, 6.07) is 26.2. The summed E-state index contributed by atoms with van der Waals surface area (Å²) in [5.41, 5.74) is 6.97. The topological polar surface area (TPSA) is 39.1 Å². The molecule has 4 aromatic carbocycles. The van der Waals surface area contributed by atoms with Crippen LogP contribution in [0.25, 0.3) is 21.8 Å². The summed E-state index contributed by atoms with van der Waals surface area (Å²) < 4.78 is 2.25. The van der Waals surface area contributed by atoms with Crippen molar-refractivity contribution in [1.29, 1.82) is 0 Å². The maximum absolute atomic E-state index is 13.7. The monoisotopic (exact) mass is 415 g/mol. The van der Waals surface area contributed by atoms with Crippen LogP contribution in [0.5, 0.6) is 0 Å². The number of aromatic nitrogens is 1. The van der Waals surface area contributed by atoms with Crippen molar-refractivity contribution in [1.82, 2.24) is 4.57 Å². The first-order valence-corrected chi connectivity index (χ1v) is 10.8. The highest BCUT2D eigenvalue weighted by Crippen LogP contribution is 2.35. The molecule has 0 spiro atoms. The van der Waals surface area contributed by atoms with Crippen molar-refractivity contribution in [3.63, 3.8) is 0 Å². The van der Waals surface area contributed by atoms with E-state index in [9.17, 15) is 9.59 Å². The molecular weight excluding hydrogens is 394 g/mol. The third-order valence-corrected chi connectivity index (χ3v) is 6.71. The van der Waals surface area contributed by atoms with E-state index in [1.165, 1.54) is 10.8 Å². The fourth-order valence-corrected chi connectivity index (χ4v) is 5.19. The Balaban J connectivity index is 1.59. The summed E-state index contributed by atoms with van der Waals surface area (Å²) in [5, 5.41) is 2.37. The third-order valence-electron chi connectivity index (χ3n) is 6.71. The number of aryl methyl sites for hydroxylation is 2. The zero-order valence-electron chi connectivity index (χ0n) is 18.0. The summed E-state index contributed by atoms with van der Waals surface area (Å²) in [6.07, 6.45) is 0. The molecule has 0 fully saturated rings. The average molecular weight is 415 g/mol. The highest BCUT2D eigenvalue weighted by atomic mass is 16.1. The number of para-hydroxylation sites is 2. The number of hydrogen-bond donors (Lipinski definition) is 0. The molecule has 0 N–H and O–H groups in total. The van der Waals surface area contributed by atoms with Crippen LogP contribution in [0.1, 0.15) is 48.5 Å². The number of nitrogens with zero attached hydrogens (tertiary/aromatic N) is 1. The standard InChI is InChI=1S/C29H21NO2/c1-17-14-15-18(2)26-25(17)28(31)22-11-7-8-19(27(22)29(26)32)16-30-23-12-5-3-9-20(23)21-10-4-6-13-24(21)30/h3-15H,16H2,1-2H3. The van der Waals surface area contributed by atoms with Crippen molar-refractivity contribution in [3.8, 4) is 0 Å². The molecule has 1 heterocycles. The smallest absolute Gasteiger partial charge is 0.195 e. The van der Waals surface area contributed by atoms with Gasteiger partial charge in [0, 0.05) is 50.6 Å². The van der Waals surface area contributed by atoms with E-state index >= 15 is 0 Å². The lowest BCUT2D eigenvalue weighted by Crippen LogP contribution is -2.25. The van der Waals surface area contributed by atoms with Gasteiger partial charge in [-0.15, -0.1) is 0 Å². The van der Waals surface area contributed by atoms with Crippen LogP contribution in [0.2, 0.25) is 0 Å². The van der Waals surface area contributed by atoms with Crippen LogP contribution in [-0.2, 0) is 6.54 Å². The summed E-state index contributed by atoms with van der Waals surface area (Å²) in [6.45, 7) is 4.33. The molecule has 32 heavy (non-hydrogen) atoms. The van der Waals surface area contributed by atoms with Crippen LogP contribution in [0.4, 0.5) is 0 Å². The summed E-state index contributed by atoms with van der Waals surface area (Å²) in [5.74, 6) is -0.105. The molecule has 0 saturated heterocycles. The first kappa shape index (κ1) is 18.8. The van der Waals surface area contributed by atoms with Gasteiger partial charge in [0.1, 0.15) is 0 Å². The lowest BCUT2D eigenvalue weighted by molar-refractivity contribution is 0.0977. The molecule has 0 aliphatic heterocycles. The summed E-state index contributed by atoms with van der Waals surface area (Å²) in [4.78, 5) is 27.2. The van der Waals surface area contributed by atoms with Crippen molar-refractivity contribution < 1.29 is 9.59 Å². The number of rotatable bonds is 2. The molecule has 3 nitrogen and oxygen atoms in total. The normalized spacial score (nSPS) is 12.9. The van der Waals surface area contributed by atoms with E-state index in [1.807, 2.05) is 62.4 Å². The maximum atomic E-state index is 13.7. The zero-order chi connectivity index (χ0) is 22.0. The lowest BCUT2D eigenvalue weighted by Gasteiger charge is -2.23. The second-order valence-electron chi connectivity index (χ2n) is 8.57. The number of benzene rings is 4. The Labute approximate surface area is 185 Å². The van der Waals surface area contributed by atoms with Crippen molar-refractivity contribution in [3.05, 3.63) is 118 Å². The van der Waals surface area contributed by atoms with Crippen LogP contribution in [0.15, 0.2) is 78.9 Å². The number of carbonyl (C=O) groups is 2. The van der Waals surface area contributed by atoms with E-state index in [4.69, 9.17) is 0 Å². The molecule has 0 saturated carbocycles. The van der Waals surface area contributed by atoms with Crippen molar-refractivity contribution >= 4 is 33.4 Å². The van der Waals surface area contributed by atoms with Crippen LogP contribution in [-0.4, -0.2) is 16.1 Å². The second-order valence-corrected chi connectivity index (χ2v) is 8.57. The molecule has 1 aliphatic rings. The summed E-state index contributed by atoms with van der Waals surface area (Å²) in [7, 11) is 0. The van der Waals surface area contributed by atoms with Gasteiger partial charge in [-0.3, -0.25) is 9.59 Å². The molecular formula is C29H21NO2. The largest absolute Gasteiger partial charge is 0.336 e. The van der Waals surface area contributed by atoms with Gasteiger partial charge in [-0.25, -0.2) is 0 Å². The minimum absolute atomic E-state index is 0.0489. The van der Waals surface area contributed by atoms with E-state index in [2.05, 4.69) is 28.8 Å². The lowest BCUT2D eigenvalue weighted by atomic mass is 9.78. The first-order valence-electron chi connectivity index (χ1n) is 10.8. The molecule has 0 atom stereocenters. The highest BCUT2D eigenvalue weighted by Gasteiger charge is 2.33. The van der Waals surface area contributed by atoms with Crippen LogP contribution < -0.4 is 0 Å². The van der Waals surface area contributed by atoms with Gasteiger partial charge in [-0.05, 0) is 42.7 Å². The molecule has 6 rings (SSSR count). The molecule has 0 unspecified atom stereocenters. The van der Waals surface area contributed by atoms with Gasteiger partial charge in [0.05, 0.1) is 0 Å². The van der Waals surface area contributed by atoms with Gasteiger partial charge in [0.25, 0.3) is 0 Å². The van der Waals surface area contributed by atoms with Crippen LogP contribution >= 0.6 is 0 Å². The Bertz CT molecular complexity index is 1550. The fraction of sp³-hybridized carbons (Fsp3) is 0.103. The van der Waals surface area contributed by atoms with Gasteiger partial charge in [0.15, 0.2) is 11.6 Å². The Morgan fingerprint density at radius 3 is 1.78 bits per heavy atom.